The first-order valence-electron chi connectivity index (χ1n) is 4.85. The van der Waals surface area contributed by atoms with Crippen LogP contribution >= 0.6 is 35.3 Å². The molecule has 6 heteroatoms. The topological polar surface area (TPSA) is 40.5 Å². The molecule has 0 spiro atoms. The van der Waals surface area contributed by atoms with E-state index in [1.165, 1.54) is 4.88 Å². The highest BCUT2D eigenvalue weighted by atomic mass is 127. The van der Waals surface area contributed by atoms with Crippen molar-refractivity contribution in [3.05, 3.63) is 15.6 Å². The maximum atomic E-state index is 4.38. The number of guanidine groups is 1. The molecule has 1 aromatic rings. The largest absolute Gasteiger partial charge is 0.351 e. The molecule has 1 heterocycles. The molecule has 0 amide bonds. The normalized spacial score (nSPS) is 10.9. The van der Waals surface area contributed by atoms with E-state index in [0.717, 1.165) is 23.2 Å². The molecule has 0 aliphatic rings. The van der Waals surface area contributed by atoms with Gasteiger partial charge in [-0.05, 0) is 13.8 Å². The lowest BCUT2D eigenvalue weighted by atomic mass is 10.4. The Hall–Kier alpha value is -0.370. The lowest BCUT2D eigenvalue weighted by molar-refractivity contribution is 0.583. The van der Waals surface area contributed by atoms with Crippen molar-refractivity contribution in [2.45, 2.75) is 20.4 Å². The van der Waals surface area contributed by atoms with Gasteiger partial charge in [0, 0.05) is 26.0 Å². The fourth-order valence-corrected chi connectivity index (χ4v) is 2.21. The van der Waals surface area contributed by atoms with Gasteiger partial charge in [0.25, 0.3) is 0 Å². The van der Waals surface area contributed by atoms with Crippen molar-refractivity contribution >= 4 is 41.3 Å². The van der Waals surface area contributed by atoms with Gasteiger partial charge in [-0.25, -0.2) is 4.98 Å². The molecule has 0 fully saturated rings. The third-order valence-electron chi connectivity index (χ3n) is 2.04. The van der Waals surface area contributed by atoms with Crippen LogP contribution in [-0.2, 0) is 6.54 Å². The Morgan fingerprint density at radius 1 is 1.44 bits per heavy atom. The Bertz CT molecular complexity index is 360. The summed E-state index contributed by atoms with van der Waals surface area (Å²) in [5, 5.41) is 4.40. The van der Waals surface area contributed by atoms with Crippen molar-refractivity contribution in [2.75, 3.05) is 21.1 Å². The second-order valence-electron chi connectivity index (χ2n) is 3.54. The first-order chi connectivity index (χ1) is 7.04. The molecule has 1 aromatic heterocycles. The lowest BCUT2D eigenvalue weighted by Gasteiger charge is -2.16. The van der Waals surface area contributed by atoms with Gasteiger partial charge in [-0.1, -0.05) is 0 Å². The fraction of sp³-hybridized carbons (Fsp3) is 0.600. The average Bonchev–Trinajstić information content (AvgIpc) is 2.45. The van der Waals surface area contributed by atoms with Crippen molar-refractivity contribution in [3.63, 3.8) is 0 Å². The second-order valence-corrected chi connectivity index (χ2v) is 4.82. The maximum absolute atomic E-state index is 4.38. The molecule has 1 rings (SSSR count). The highest BCUT2D eigenvalue weighted by molar-refractivity contribution is 14.0. The number of aliphatic imine (C=N–C) groups is 1. The molecule has 0 aliphatic carbocycles. The standard InChI is InChI=1S/C10H18N4S.HI/c1-7-9(15-8(2)13-7)6-12-10(11-3)14(4)5;/h6H2,1-5H3,(H,11,12);1H. The summed E-state index contributed by atoms with van der Waals surface area (Å²) < 4.78 is 0. The SMILES string of the molecule is CN=C(NCc1sc(C)nc1C)N(C)C.I. The van der Waals surface area contributed by atoms with Gasteiger partial charge in [0.05, 0.1) is 17.2 Å². The second kappa shape index (κ2) is 7.05. The van der Waals surface area contributed by atoms with E-state index in [2.05, 4.69) is 15.3 Å². The van der Waals surface area contributed by atoms with Gasteiger partial charge >= 0.3 is 0 Å². The molecule has 0 saturated heterocycles. The van der Waals surface area contributed by atoms with E-state index in [1.54, 1.807) is 18.4 Å². The number of halogens is 1. The molecule has 1 N–H and O–H groups in total. The highest BCUT2D eigenvalue weighted by Gasteiger charge is 2.06. The Kier molecular flexibility index (Phi) is 6.89. The maximum Gasteiger partial charge on any atom is 0.193 e. The Balaban J connectivity index is 0.00000225. The van der Waals surface area contributed by atoms with Gasteiger partial charge in [-0.3, -0.25) is 4.99 Å². The summed E-state index contributed by atoms with van der Waals surface area (Å²) in [4.78, 5) is 11.8. The van der Waals surface area contributed by atoms with Crippen LogP contribution in [0.25, 0.3) is 0 Å². The smallest absolute Gasteiger partial charge is 0.193 e. The zero-order valence-corrected chi connectivity index (χ0v) is 13.5. The molecule has 0 aromatic carbocycles. The van der Waals surface area contributed by atoms with E-state index in [4.69, 9.17) is 0 Å². The summed E-state index contributed by atoms with van der Waals surface area (Å²) in [5.74, 6) is 0.889. The van der Waals surface area contributed by atoms with E-state index in [0.29, 0.717) is 0 Å². The minimum atomic E-state index is 0. The van der Waals surface area contributed by atoms with E-state index in [-0.39, 0.29) is 24.0 Å². The third-order valence-corrected chi connectivity index (χ3v) is 3.11. The summed E-state index contributed by atoms with van der Waals surface area (Å²) in [7, 11) is 5.73. The van der Waals surface area contributed by atoms with Gasteiger partial charge in [0.2, 0.25) is 0 Å². The van der Waals surface area contributed by atoms with Crippen LogP contribution in [0.2, 0.25) is 0 Å². The molecule has 16 heavy (non-hydrogen) atoms. The third kappa shape index (κ3) is 4.25. The minimum Gasteiger partial charge on any atom is -0.351 e. The molecular weight excluding hydrogens is 335 g/mol. The molecule has 4 nitrogen and oxygen atoms in total. The van der Waals surface area contributed by atoms with E-state index >= 15 is 0 Å². The molecule has 92 valence electrons. The minimum absolute atomic E-state index is 0. The van der Waals surface area contributed by atoms with E-state index in [9.17, 15) is 0 Å². The predicted octanol–water partition coefficient (Wildman–Crippen LogP) is 2.01. The molecule has 0 atom stereocenters. The average molecular weight is 354 g/mol. The molecule has 0 bridgehead atoms. The molecule has 0 radical (unpaired) electrons. The Morgan fingerprint density at radius 2 is 2.06 bits per heavy atom. The number of nitrogens with zero attached hydrogens (tertiary/aromatic N) is 3. The number of aromatic nitrogens is 1. The van der Waals surface area contributed by atoms with Crippen LogP contribution in [0.3, 0.4) is 0 Å². The molecule has 0 aliphatic heterocycles. The lowest BCUT2D eigenvalue weighted by Crippen LogP contribution is -2.35. The quantitative estimate of drug-likeness (QED) is 0.502. The number of nitrogens with one attached hydrogen (secondary N) is 1. The number of rotatable bonds is 2. The van der Waals surface area contributed by atoms with Crippen LogP contribution in [0.15, 0.2) is 4.99 Å². The van der Waals surface area contributed by atoms with E-state index in [1.807, 2.05) is 32.8 Å². The number of aryl methyl sites for hydroxylation is 2. The number of thiazole rings is 1. The van der Waals surface area contributed by atoms with Crippen molar-refractivity contribution in [1.29, 1.82) is 0 Å². The van der Waals surface area contributed by atoms with Crippen molar-refractivity contribution in [2.24, 2.45) is 4.99 Å². The zero-order valence-electron chi connectivity index (χ0n) is 10.4. The summed E-state index contributed by atoms with van der Waals surface area (Å²) in [6.07, 6.45) is 0. The predicted molar refractivity (Wildman–Crippen MR) is 80.9 cm³/mol. The Labute approximate surface area is 118 Å². The van der Waals surface area contributed by atoms with Crippen LogP contribution in [0, 0.1) is 13.8 Å². The molecule has 0 unspecified atom stereocenters. The number of hydrogen-bond donors (Lipinski definition) is 1. The van der Waals surface area contributed by atoms with Crippen LogP contribution < -0.4 is 5.32 Å². The van der Waals surface area contributed by atoms with Gasteiger partial charge in [0.15, 0.2) is 5.96 Å². The van der Waals surface area contributed by atoms with Crippen LogP contribution in [-0.4, -0.2) is 37.0 Å². The fourth-order valence-electron chi connectivity index (χ4n) is 1.33. The van der Waals surface area contributed by atoms with Crippen LogP contribution in [0.1, 0.15) is 15.6 Å². The van der Waals surface area contributed by atoms with Gasteiger partial charge in [-0.2, -0.15) is 0 Å². The highest BCUT2D eigenvalue weighted by Crippen LogP contribution is 2.16. The first kappa shape index (κ1) is 15.6. The van der Waals surface area contributed by atoms with E-state index < -0.39 is 0 Å². The van der Waals surface area contributed by atoms with Crippen molar-refractivity contribution in [1.82, 2.24) is 15.2 Å². The van der Waals surface area contributed by atoms with Gasteiger partial charge < -0.3 is 10.2 Å². The molecular formula is C10H19IN4S. The summed E-state index contributed by atoms with van der Waals surface area (Å²) in [5.41, 5.74) is 1.11. The number of hydrogen-bond acceptors (Lipinski definition) is 3. The van der Waals surface area contributed by atoms with Gasteiger partial charge in [0.1, 0.15) is 0 Å². The van der Waals surface area contributed by atoms with Crippen molar-refractivity contribution < 1.29 is 0 Å². The van der Waals surface area contributed by atoms with Crippen LogP contribution in [0.5, 0.6) is 0 Å². The van der Waals surface area contributed by atoms with Crippen LogP contribution in [0.4, 0.5) is 0 Å². The summed E-state index contributed by atoms with van der Waals surface area (Å²) >= 11 is 1.73. The first-order valence-corrected chi connectivity index (χ1v) is 5.67. The van der Waals surface area contributed by atoms with Gasteiger partial charge in [-0.15, -0.1) is 35.3 Å². The zero-order chi connectivity index (χ0) is 11.4. The monoisotopic (exact) mass is 354 g/mol. The Morgan fingerprint density at radius 3 is 2.44 bits per heavy atom. The summed E-state index contributed by atoms with van der Waals surface area (Å²) in [6.45, 7) is 4.86. The summed E-state index contributed by atoms with van der Waals surface area (Å²) in [6, 6.07) is 0. The van der Waals surface area contributed by atoms with Crippen molar-refractivity contribution in [3.8, 4) is 0 Å². The molecule has 0 saturated carbocycles.